The number of carbonyl (C=O) groups excluding carboxylic acids is 1. The van der Waals surface area contributed by atoms with Crippen molar-refractivity contribution in [2.24, 2.45) is 4.99 Å². The van der Waals surface area contributed by atoms with Gasteiger partial charge in [0.15, 0.2) is 0 Å². The molecule has 0 saturated carbocycles. The molecule has 6 heteroatoms. The van der Waals surface area contributed by atoms with Crippen LogP contribution in [-0.4, -0.2) is 12.2 Å². The van der Waals surface area contributed by atoms with Crippen LogP contribution in [0.3, 0.4) is 0 Å². The van der Waals surface area contributed by atoms with Gasteiger partial charge >= 0.3 is 5.97 Å². The van der Waals surface area contributed by atoms with Gasteiger partial charge < -0.3 is 4.74 Å². The third kappa shape index (κ3) is 5.67. The highest BCUT2D eigenvalue weighted by atomic mass is 79.9. The summed E-state index contributed by atoms with van der Waals surface area (Å²) in [5.41, 5.74) is 2.95. The maximum Gasteiger partial charge on any atom is 0.343 e. The molecule has 3 aromatic carbocycles. The Balaban J connectivity index is 1.80. The Kier molecular flexibility index (Phi) is 6.32. The number of hydrogen-bond donors (Lipinski definition) is 0. The number of aliphatic imine (C=N–C) groups is 1. The lowest BCUT2D eigenvalue weighted by Crippen LogP contribution is -2.08. The molecule has 0 fully saturated rings. The first-order valence-corrected chi connectivity index (χ1v) is 9.53. The lowest BCUT2D eigenvalue weighted by molar-refractivity contribution is 0.0734. The van der Waals surface area contributed by atoms with E-state index >= 15 is 0 Å². The zero-order valence-corrected chi connectivity index (χ0v) is 17.3. The Hall–Kier alpha value is -2.14. The molecule has 27 heavy (non-hydrogen) atoms. The predicted molar refractivity (Wildman–Crippen MR) is 114 cm³/mol. The van der Waals surface area contributed by atoms with Gasteiger partial charge in [0.05, 0.1) is 11.3 Å². The van der Waals surface area contributed by atoms with Crippen molar-refractivity contribution >= 4 is 57.0 Å². The van der Waals surface area contributed by atoms with Crippen molar-refractivity contribution in [3.63, 3.8) is 0 Å². The first-order valence-electron chi connectivity index (χ1n) is 7.99. The van der Waals surface area contributed by atoms with Crippen LogP contribution < -0.4 is 4.74 Å². The SMILES string of the molecule is Cc1ccc(C(=O)Oc2cc(Br)cc(C=Nc3cc(Cl)cc(Cl)c3)c2)cc1. The van der Waals surface area contributed by atoms with Crippen LogP contribution in [0.15, 0.2) is 70.1 Å². The fourth-order valence-corrected chi connectivity index (χ4v) is 3.34. The molecular formula is C21H14BrCl2NO2. The Morgan fingerprint density at radius 1 is 1.00 bits per heavy atom. The summed E-state index contributed by atoms with van der Waals surface area (Å²) >= 11 is 15.4. The first kappa shape index (κ1) is 19.6. The highest BCUT2D eigenvalue weighted by Gasteiger charge is 2.09. The van der Waals surface area contributed by atoms with Crippen LogP contribution in [0.5, 0.6) is 5.75 Å². The van der Waals surface area contributed by atoms with E-state index in [9.17, 15) is 4.79 Å². The molecule has 0 unspecified atom stereocenters. The predicted octanol–water partition coefficient (Wildman–Crippen LogP) is 7.03. The van der Waals surface area contributed by atoms with Gasteiger partial charge in [0.2, 0.25) is 0 Å². The number of nitrogens with zero attached hydrogens (tertiary/aromatic N) is 1. The maximum atomic E-state index is 12.3. The number of ether oxygens (including phenoxy) is 1. The number of esters is 1. The minimum atomic E-state index is -0.419. The molecule has 136 valence electrons. The van der Waals surface area contributed by atoms with Gasteiger partial charge in [-0.3, -0.25) is 4.99 Å². The van der Waals surface area contributed by atoms with Gasteiger partial charge in [-0.25, -0.2) is 4.79 Å². The number of hydrogen-bond acceptors (Lipinski definition) is 3. The van der Waals surface area contributed by atoms with Crippen molar-refractivity contribution in [3.05, 3.63) is 91.9 Å². The minimum Gasteiger partial charge on any atom is -0.423 e. The number of aryl methyl sites for hydroxylation is 1. The van der Waals surface area contributed by atoms with E-state index in [0.717, 1.165) is 15.6 Å². The molecule has 3 rings (SSSR count). The smallest absolute Gasteiger partial charge is 0.343 e. The molecule has 0 heterocycles. The first-order chi connectivity index (χ1) is 12.9. The van der Waals surface area contributed by atoms with Crippen LogP contribution in [0.1, 0.15) is 21.5 Å². The average Bonchev–Trinajstić information content (AvgIpc) is 2.59. The van der Waals surface area contributed by atoms with E-state index in [4.69, 9.17) is 27.9 Å². The molecule has 0 spiro atoms. The van der Waals surface area contributed by atoms with Crippen molar-refractivity contribution in [3.8, 4) is 5.75 Å². The summed E-state index contributed by atoms with van der Waals surface area (Å²) < 4.78 is 6.25. The maximum absolute atomic E-state index is 12.3. The molecule has 0 saturated heterocycles. The molecule has 0 bridgehead atoms. The summed E-state index contributed by atoms with van der Waals surface area (Å²) in [7, 11) is 0. The summed E-state index contributed by atoms with van der Waals surface area (Å²) in [4.78, 5) is 16.7. The van der Waals surface area contributed by atoms with E-state index in [-0.39, 0.29) is 0 Å². The Labute approximate surface area is 175 Å². The van der Waals surface area contributed by atoms with E-state index in [1.54, 1.807) is 48.7 Å². The van der Waals surface area contributed by atoms with Crippen molar-refractivity contribution in [2.75, 3.05) is 0 Å². The topological polar surface area (TPSA) is 38.7 Å². The highest BCUT2D eigenvalue weighted by Crippen LogP contribution is 2.26. The summed E-state index contributed by atoms with van der Waals surface area (Å²) in [5.74, 6) is -0.00172. The number of rotatable bonds is 4. The van der Waals surface area contributed by atoms with E-state index in [1.165, 1.54) is 0 Å². The number of benzene rings is 3. The van der Waals surface area contributed by atoms with Crippen LogP contribution in [0.2, 0.25) is 10.0 Å². The van der Waals surface area contributed by atoms with E-state index in [2.05, 4.69) is 20.9 Å². The van der Waals surface area contributed by atoms with Crippen molar-refractivity contribution in [1.82, 2.24) is 0 Å². The second kappa shape index (κ2) is 8.70. The van der Waals surface area contributed by atoms with Crippen LogP contribution in [-0.2, 0) is 0 Å². The van der Waals surface area contributed by atoms with Crippen molar-refractivity contribution in [2.45, 2.75) is 6.92 Å². The summed E-state index contributed by atoms with van der Waals surface area (Å²) in [5, 5.41) is 1.02. The van der Waals surface area contributed by atoms with Gasteiger partial charge in [0.1, 0.15) is 5.75 Å². The van der Waals surface area contributed by atoms with Gasteiger partial charge in [-0.2, -0.15) is 0 Å². The van der Waals surface area contributed by atoms with Gasteiger partial charge in [-0.1, -0.05) is 56.8 Å². The van der Waals surface area contributed by atoms with Gasteiger partial charge in [0, 0.05) is 20.7 Å². The molecule has 3 aromatic rings. The van der Waals surface area contributed by atoms with E-state index in [1.807, 2.05) is 25.1 Å². The van der Waals surface area contributed by atoms with Crippen LogP contribution in [0, 0.1) is 6.92 Å². The molecule has 0 radical (unpaired) electrons. The third-order valence-corrected chi connectivity index (χ3v) is 4.50. The Morgan fingerprint density at radius 2 is 1.67 bits per heavy atom. The summed E-state index contributed by atoms with van der Waals surface area (Å²) in [6.45, 7) is 1.96. The summed E-state index contributed by atoms with van der Waals surface area (Å²) in [6.07, 6.45) is 1.65. The molecule has 0 aliphatic heterocycles. The highest BCUT2D eigenvalue weighted by molar-refractivity contribution is 9.10. The quantitative estimate of drug-likeness (QED) is 0.237. The third-order valence-electron chi connectivity index (χ3n) is 3.60. The molecule has 0 aliphatic carbocycles. The lowest BCUT2D eigenvalue weighted by atomic mass is 10.1. The molecule has 0 aliphatic rings. The molecule has 3 nitrogen and oxygen atoms in total. The average molecular weight is 463 g/mol. The second-order valence-corrected chi connectivity index (χ2v) is 7.65. The van der Waals surface area contributed by atoms with Crippen LogP contribution in [0.4, 0.5) is 5.69 Å². The van der Waals surface area contributed by atoms with Gasteiger partial charge in [-0.05, 0) is 61.0 Å². The fraction of sp³-hybridized carbons (Fsp3) is 0.0476. The second-order valence-electron chi connectivity index (χ2n) is 5.86. The van der Waals surface area contributed by atoms with Crippen LogP contribution in [0.25, 0.3) is 0 Å². The molecular weight excluding hydrogens is 449 g/mol. The molecule has 0 N–H and O–H groups in total. The molecule has 0 amide bonds. The zero-order chi connectivity index (χ0) is 19.4. The standard InChI is InChI=1S/C21H14BrCl2NO2/c1-13-2-4-15(5-3-13)21(26)27-20-7-14(6-16(22)8-20)12-25-19-10-17(23)9-18(24)11-19/h2-12H,1H3. The largest absolute Gasteiger partial charge is 0.423 e. The van der Waals surface area contributed by atoms with Crippen molar-refractivity contribution in [1.29, 1.82) is 0 Å². The Bertz CT molecular complexity index is 997. The monoisotopic (exact) mass is 461 g/mol. The molecule has 0 atom stereocenters. The normalized spacial score (nSPS) is 11.0. The zero-order valence-electron chi connectivity index (χ0n) is 14.2. The fourth-order valence-electron chi connectivity index (χ4n) is 2.34. The minimum absolute atomic E-state index is 0.417. The van der Waals surface area contributed by atoms with Crippen LogP contribution >= 0.6 is 39.1 Å². The van der Waals surface area contributed by atoms with E-state index in [0.29, 0.717) is 27.0 Å². The van der Waals surface area contributed by atoms with Gasteiger partial charge in [0.25, 0.3) is 0 Å². The van der Waals surface area contributed by atoms with E-state index < -0.39 is 5.97 Å². The number of halogens is 3. The lowest BCUT2D eigenvalue weighted by Gasteiger charge is -2.06. The number of carbonyl (C=O) groups is 1. The Morgan fingerprint density at radius 3 is 2.33 bits per heavy atom. The molecule has 0 aromatic heterocycles. The van der Waals surface area contributed by atoms with Gasteiger partial charge in [-0.15, -0.1) is 0 Å². The van der Waals surface area contributed by atoms with Crippen molar-refractivity contribution < 1.29 is 9.53 Å². The summed E-state index contributed by atoms with van der Waals surface area (Å²) in [6, 6.07) is 17.6.